The van der Waals surface area contributed by atoms with Crippen LogP contribution in [0.3, 0.4) is 0 Å². The molecule has 0 saturated heterocycles. The molecule has 1 aromatic heterocycles. The van der Waals surface area contributed by atoms with E-state index in [1.165, 1.54) is 6.42 Å². The van der Waals surface area contributed by atoms with Gasteiger partial charge in [-0.25, -0.2) is 9.97 Å². The largest absolute Gasteiger partial charge is 0.373 e. The van der Waals surface area contributed by atoms with Crippen LogP contribution in [0, 0.1) is 0 Å². The molecule has 1 aliphatic rings. The lowest BCUT2D eigenvalue weighted by molar-refractivity contribution is -0.0845. The molecule has 14 heavy (non-hydrogen) atoms. The Morgan fingerprint density at radius 3 is 2.79 bits per heavy atom. The summed E-state index contributed by atoms with van der Waals surface area (Å²) in [5.74, 6) is 1.65. The van der Waals surface area contributed by atoms with Crippen molar-refractivity contribution in [1.82, 2.24) is 9.97 Å². The van der Waals surface area contributed by atoms with Crippen LogP contribution in [0.4, 0.5) is 5.82 Å². The Bertz CT molecular complexity index is 317. The van der Waals surface area contributed by atoms with Crippen LogP contribution in [-0.4, -0.2) is 24.1 Å². The predicted molar refractivity (Wildman–Crippen MR) is 54.1 cm³/mol. The SMILES string of the molecule is CNc1ccnc(C2(OC)CCC2)n1. The lowest BCUT2D eigenvalue weighted by Gasteiger charge is -2.38. The fourth-order valence-corrected chi connectivity index (χ4v) is 1.73. The van der Waals surface area contributed by atoms with E-state index in [0.29, 0.717) is 0 Å². The first kappa shape index (κ1) is 9.40. The van der Waals surface area contributed by atoms with Gasteiger partial charge in [0.05, 0.1) is 0 Å². The van der Waals surface area contributed by atoms with Gasteiger partial charge in [0.25, 0.3) is 0 Å². The van der Waals surface area contributed by atoms with Crippen molar-refractivity contribution in [2.45, 2.75) is 24.9 Å². The van der Waals surface area contributed by atoms with Crippen molar-refractivity contribution in [2.24, 2.45) is 0 Å². The lowest BCUT2D eigenvalue weighted by Crippen LogP contribution is -2.38. The number of hydrogen-bond donors (Lipinski definition) is 1. The quantitative estimate of drug-likeness (QED) is 0.791. The number of nitrogens with zero attached hydrogens (tertiary/aromatic N) is 2. The first-order valence-corrected chi connectivity index (χ1v) is 4.87. The summed E-state index contributed by atoms with van der Waals surface area (Å²) in [5, 5.41) is 3.01. The monoisotopic (exact) mass is 193 g/mol. The molecule has 1 saturated carbocycles. The fraction of sp³-hybridized carbons (Fsp3) is 0.600. The lowest BCUT2D eigenvalue weighted by atomic mass is 9.79. The zero-order valence-electron chi connectivity index (χ0n) is 8.58. The molecule has 0 aromatic carbocycles. The van der Waals surface area contributed by atoms with Crippen LogP contribution in [-0.2, 0) is 10.3 Å². The molecule has 0 unspecified atom stereocenters. The molecule has 76 valence electrons. The molecule has 1 heterocycles. The molecule has 1 aromatic rings. The second kappa shape index (κ2) is 3.53. The van der Waals surface area contributed by atoms with Crippen molar-refractivity contribution in [3.8, 4) is 0 Å². The highest BCUT2D eigenvalue weighted by atomic mass is 16.5. The summed E-state index contributed by atoms with van der Waals surface area (Å²) >= 11 is 0. The summed E-state index contributed by atoms with van der Waals surface area (Å²) in [5.41, 5.74) is -0.215. The molecule has 0 spiro atoms. The van der Waals surface area contributed by atoms with Gasteiger partial charge in [-0.1, -0.05) is 0 Å². The van der Waals surface area contributed by atoms with Gasteiger partial charge in [0.15, 0.2) is 5.82 Å². The summed E-state index contributed by atoms with van der Waals surface area (Å²) in [6.07, 6.45) is 5.02. The highest BCUT2D eigenvalue weighted by Crippen LogP contribution is 2.42. The van der Waals surface area contributed by atoms with Crippen LogP contribution < -0.4 is 5.32 Å². The van der Waals surface area contributed by atoms with Gasteiger partial charge in [0, 0.05) is 20.4 Å². The molecule has 0 radical (unpaired) electrons. The van der Waals surface area contributed by atoms with E-state index in [9.17, 15) is 0 Å². The van der Waals surface area contributed by atoms with Gasteiger partial charge in [-0.15, -0.1) is 0 Å². The molecule has 1 N–H and O–H groups in total. The zero-order chi connectivity index (χ0) is 10.0. The minimum absolute atomic E-state index is 0.215. The second-order valence-electron chi connectivity index (χ2n) is 3.57. The standard InChI is InChI=1S/C10H15N3O/c1-11-8-4-7-12-9(13-8)10(14-2)5-3-6-10/h4,7H,3,5-6H2,1-2H3,(H,11,12,13). The summed E-state index contributed by atoms with van der Waals surface area (Å²) < 4.78 is 5.51. The highest BCUT2D eigenvalue weighted by molar-refractivity contribution is 5.32. The molecule has 2 rings (SSSR count). The molecule has 0 bridgehead atoms. The van der Waals surface area contributed by atoms with Gasteiger partial charge in [-0.3, -0.25) is 0 Å². The van der Waals surface area contributed by atoms with Crippen molar-refractivity contribution in [2.75, 3.05) is 19.5 Å². The van der Waals surface area contributed by atoms with Gasteiger partial charge in [0.2, 0.25) is 0 Å². The Labute approximate surface area is 83.7 Å². The second-order valence-corrected chi connectivity index (χ2v) is 3.57. The first-order valence-electron chi connectivity index (χ1n) is 4.87. The third kappa shape index (κ3) is 1.35. The highest BCUT2D eigenvalue weighted by Gasteiger charge is 2.41. The molecule has 0 atom stereocenters. The number of anilines is 1. The van der Waals surface area contributed by atoms with Crippen LogP contribution in [0.15, 0.2) is 12.3 Å². The Balaban J connectivity index is 2.30. The number of nitrogens with one attached hydrogen (secondary N) is 1. The number of ether oxygens (including phenoxy) is 1. The summed E-state index contributed by atoms with van der Waals surface area (Å²) in [7, 11) is 3.58. The number of aromatic nitrogens is 2. The number of hydrogen-bond acceptors (Lipinski definition) is 4. The van der Waals surface area contributed by atoms with E-state index in [2.05, 4.69) is 15.3 Å². The average molecular weight is 193 g/mol. The maximum Gasteiger partial charge on any atom is 0.162 e. The van der Waals surface area contributed by atoms with Crippen molar-refractivity contribution >= 4 is 5.82 Å². The third-order valence-corrected chi connectivity index (χ3v) is 2.87. The van der Waals surface area contributed by atoms with E-state index in [0.717, 1.165) is 24.5 Å². The molecule has 1 aliphatic carbocycles. The maximum atomic E-state index is 5.51. The normalized spacial score (nSPS) is 18.7. The average Bonchev–Trinajstić information content (AvgIpc) is 2.18. The minimum Gasteiger partial charge on any atom is -0.373 e. The van der Waals surface area contributed by atoms with Gasteiger partial charge < -0.3 is 10.1 Å². The summed E-state index contributed by atoms with van der Waals surface area (Å²) in [6.45, 7) is 0. The van der Waals surface area contributed by atoms with E-state index in [1.807, 2.05) is 13.1 Å². The molecular weight excluding hydrogens is 178 g/mol. The molecule has 0 aliphatic heterocycles. The number of rotatable bonds is 3. The molecule has 4 heteroatoms. The van der Waals surface area contributed by atoms with Gasteiger partial charge in [-0.05, 0) is 25.3 Å². The van der Waals surface area contributed by atoms with Crippen LogP contribution in [0.5, 0.6) is 0 Å². The van der Waals surface area contributed by atoms with Crippen LogP contribution in [0.1, 0.15) is 25.1 Å². The van der Waals surface area contributed by atoms with Crippen LogP contribution in [0.2, 0.25) is 0 Å². The smallest absolute Gasteiger partial charge is 0.162 e. The molecular formula is C10H15N3O. The van der Waals surface area contributed by atoms with E-state index in [1.54, 1.807) is 13.3 Å². The first-order chi connectivity index (χ1) is 6.80. The zero-order valence-corrected chi connectivity index (χ0v) is 8.58. The summed E-state index contributed by atoms with van der Waals surface area (Å²) in [6, 6.07) is 1.85. The Hall–Kier alpha value is -1.16. The van der Waals surface area contributed by atoms with E-state index in [-0.39, 0.29) is 5.60 Å². The van der Waals surface area contributed by atoms with Gasteiger partial charge in [0.1, 0.15) is 11.4 Å². The minimum atomic E-state index is -0.215. The molecule has 0 amide bonds. The Morgan fingerprint density at radius 2 is 2.29 bits per heavy atom. The van der Waals surface area contributed by atoms with Crippen molar-refractivity contribution in [3.05, 3.63) is 18.1 Å². The predicted octanol–water partition coefficient (Wildman–Crippen LogP) is 1.54. The Morgan fingerprint density at radius 1 is 1.50 bits per heavy atom. The van der Waals surface area contributed by atoms with E-state index in [4.69, 9.17) is 4.74 Å². The van der Waals surface area contributed by atoms with Crippen LogP contribution in [0.25, 0.3) is 0 Å². The third-order valence-electron chi connectivity index (χ3n) is 2.87. The maximum absolute atomic E-state index is 5.51. The van der Waals surface area contributed by atoms with Crippen molar-refractivity contribution < 1.29 is 4.74 Å². The van der Waals surface area contributed by atoms with Crippen molar-refractivity contribution in [3.63, 3.8) is 0 Å². The van der Waals surface area contributed by atoms with Gasteiger partial charge >= 0.3 is 0 Å². The van der Waals surface area contributed by atoms with Crippen LogP contribution >= 0.6 is 0 Å². The topological polar surface area (TPSA) is 47.0 Å². The summed E-state index contributed by atoms with van der Waals surface area (Å²) in [4.78, 5) is 8.69. The Kier molecular flexibility index (Phi) is 2.37. The number of methoxy groups -OCH3 is 1. The van der Waals surface area contributed by atoms with E-state index < -0.39 is 0 Å². The fourth-order valence-electron chi connectivity index (χ4n) is 1.73. The van der Waals surface area contributed by atoms with Gasteiger partial charge in [-0.2, -0.15) is 0 Å². The molecule has 4 nitrogen and oxygen atoms in total. The molecule has 1 fully saturated rings. The van der Waals surface area contributed by atoms with Crippen molar-refractivity contribution in [1.29, 1.82) is 0 Å². The van der Waals surface area contributed by atoms with E-state index >= 15 is 0 Å².